The van der Waals surface area contributed by atoms with Gasteiger partial charge in [-0.1, -0.05) is 13.0 Å². The van der Waals surface area contributed by atoms with Gasteiger partial charge in [-0.25, -0.2) is 17.9 Å². The van der Waals surface area contributed by atoms with Crippen LogP contribution in [0, 0.1) is 0 Å². The first-order valence-electron chi connectivity index (χ1n) is 6.46. The molecule has 0 saturated carbocycles. The summed E-state index contributed by atoms with van der Waals surface area (Å²) >= 11 is 0. The Hall–Kier alpha value is -1.86. The zero-order valence-corrected chi connectivity index (χ0v) is 12.8. The predicted molar refractivity (Wildman–Crippen MR) is 79.2 cm³/mol. The van der Waals surface area contributed by atoms with Gasteiger partial charge in [0, 0.05) is 6.04 Å². The van der Waals surface area contributed by atoms with E-state index in [1.165, 1.54) is 18.2 Å². The van der Waals surface area contributed by atoms with Gasteiger partial charge in [-0.15, -0.1) is 6.58 Å². The standard InChI is InChI=1S/C14H19NO5S/c1-4-8-20-13-7-6-11(9-12(13)14(16)17)21(18,19)15-10(3)5-2/h5-7,9-10,15H,2,4,8H2,1,3H3,(H,16,17). The lowest BCUT2D eigenvalue weighted by atomic mass is 10.2. The van der Waals surface area contributed by atoms with Gasteiger partial charge in [0.1, 0.15) is 11.3 Å². The molecule has 0 fully saturated rings. The molecule has 116 valence electrons. The molecule has 7 heteroatoms. The van der Waals surface area contributed by atoms with E-state index < -0.39 is 22.0 Å². The van der Waals surface area contributed by atoms with Crippen molar-refractivity contribution in [2.24, 2.45) is 0 Å². The third-order valence-corrected chi connectivity index (χ3v) is 4.20. The lowest BCUT2D eigenvalue weighted by Gasteiger charge is -2.13. The molecule has 0 heterocycles. The molecular weight excluding hydrogens is 294 g/mol. The van der Waals surface area contributed by atoms with Gasteiger partial charge in [-0.3, -0.25) is 0 Å². The van der Waals surface area contributed by atoms with E-state index in [4.69, 9.17) is 4.74 Å². The number of hydrogen-bond acceptors (Lipinski definition) is 4. The molecule has 0 spiro atoms. The second kappa shape index (κ2) is 7.24. The van der Waals surface area contributed by atoms with E-state index in [0.29, 0.717) is 6.61 Å². The maximum atomic E-state index is 12.1. The van der Waals surface area contributed by atoms with Crippen molar-refractivity contribution in [1.82, 2.24) is 4.72 Å². The summed E-state index contributed by atoms with van der Waals surface area (Å²) in [5, 5.41) is 9.17. The van der Waals surface area contributed by atoms with E-state index in [1.54, 1.807) is 6.92 Å². The molecule has 1 aromatic rings. The third-order valence-electron chi connectivity index (χ3n) is 2.65. The number of ether oxygens (including phenoxy) is 1. The maximum Gasteiger partial charge on any atom is 0.339 e. The van der Waals surface area contributed by atoms with Crippen LogP contribution in [0.3, 0.4) is 0 Å². The molecule has 0 radical (unpaired) electrons. The Morgan fingerprint density at radius 1 is 1.52 bits per heavy atom. The van der Waals surface area contributed by atoms with Gasteiger partial charge < -0.3 is 9.84 Å². The summed E-state index contributed by atoms with van der Waals surface area (Å²) < 4.78 is 31.9. The molecule has 6 nitrogen and oxygen atoms in total. The summed E-state index contributed by atoms with van der Waals surface area (Å²) in [5.74, 6) is -1.09. The van der Waals surface area contributed by atoms with E-state index in [9.17, 15) is 18.3 Å². The van der Waals surface area contributed by atoms with Crippen LogP contribution in [0.4, 0.5) is 0 Å². The van der Waals surface area contributed by atoms with Crippen LogP contribution < -0.4 is 9.46 Å². The molecule has 0 aliphatic rings. The van der Waals surface area contributed by atoms with Gasteiger partial charge in [-0.05, 0) is 31.5 Å². The van der Waals surface area contributed by atoms with Crippen LogP contribution in [0.2, 0.25) is 0 Å². The molecule has 21 heavy (non-hydrogen) atoms. The van der Waals surface area contributed by atoms with Crippen LogP contribution >= 0.6 is 0 Å². The highest BCUT2D eigenvalue weighted by Gasteiger charge is 2.20. The molecule has 0 bridgehead atoms. The van der Waals surface area contributed by atoms with E-state index >= 15 is 0 Å². The Labute approximate surface area is 124 Å². The van der Waals surface area contributed by atoms with Crippen LogP contribution in [0.15, 0.2) is 35.7 Å². The maximum absolute atomic E-state index is 12.1. The molecule has 0 aliphatic carbocycles. The van der Waals surface area contributed by atoms with Crippen molar-refractivity contribution in [3.05, 3.63) is 36.4 Å². The number of carboxylic acids is 1. The van der Waals surface area contributed by atoms with Crippen molar-refractivity contribution < 1.29 is 23.1 Å². The van der Waals surface area contributed by atoms with Crippen molar-refractivity contribution in [3.63, 3.8) is 0 Å². The monoisotopic (exact) mass is 313 g/mol. The van der Waals surface area contributed by atoms with E-state index in [-0.39, 0.29) is 16.2 Å². The van der Waals surface area contributed by atoms with Crippen molar-refractivity contribution >= 4 is 16.0 Å². The van der Waals surface area contributed by atoms with Crippen LogP contribution in [-0.2, 0) is 10.0 Å². The van der Waals surface area contributed by atoms with E-state index in [0.717, 1.165) is 12.5 Å². The smallest absolute Gasteiger partial charge is 0.339 e. The quantitative estimate of drug-likeness (QED) is 0.716. The largest absolute Gasteiger partial charge is 0.493 e. The van der Waals surface area contributed by atoms with Crippen LogP contribution in [0.1, 0.15) is 30.6 Å². The molecule has 2 N–H and O–H groups in total. The summed E-state index contributed by atoms with van der Waals surface area (Å²) in [6.45, 7) is 7.37. The molecule has 0 aromatic heterocycles. The number of rotatable bonds is 8. The minimum Gasteiger partial charge on any atom is -0.493 e. The molecule has 0 amide bonds. The minimum absolute atomic E-state index is 0.127. The SMILES string of the molecule is C=CC(C)NS(=O)(=O)c1ccc(OCCC)c(C(=O)O)c1. The van der Waals surface area contributed by atoms with Crippen molar-refractivity contribution in [1.29, 1.82) is 0 Å². The van der Waals surface area contributed by atoms with Gasteiger partial charge in [-0.2, -0.15) is 0 Å². The fourth-order valence-electron chi connectivity index (χ4n) is 1.54. The zero-order chi connectivity index (χ0) is 16.0. The molecule has 1 rings (SSSR count). The molecule has 0 saturated heterocycles. The summed E-state index contributed by atoms with van der Waals surface area (Å²) in [6.07, 6.45) is 2.16. The highest BCUT2D eigenvalue weighted by molar-refractivity contribution is 7.89. The zero-order valence-electron chi connectivity index (χ0n) is 12.0. The average Bonchev–Trinajstić information content (AvgIpc) is 2.44. The van der Waals surface area contributed by atoms with Gasteiger partial charge >= 0.3 is 5.97 Å². The number of carbonyl (C=O) groups is 1. The Kier molecular flexibility index (Phi) is 5.92. The predicted octanol–water partition coefficient (Wildman–Crippen LogP) is 2.03. The number of aromatic carboxylic acids is 1. The van der Waals surface area contributed by atoms with Crippen molar-refractivity contribution in [2.75, 3.05) is 6.61 Å². The van der Waals surface area contributed by atoms with Crippen molar-refractivity contribution in [2.45, 2.75) is 31.2 Å². The van der Waals surface area contributed by atoms with Crippen LogP contribution in [0.5, 0.6) is 5.75 Å². The normalized spacial score (nSPS) is 12.7. The fraction of sp³-hybridized carbons (Fsp3) is 0.357. The number of sulfonamides is 1. The van der Waals surface area contributed by atoms with Gasteiger partial charge in [0.2, 0.25) is 10.0 Å². The highest BCUT2D eigenvalue weighted by Crippen LogP contribution is 2.23. The second-order valence-corrected chi connectivity index (χ2v) is 6.17. The van der Waals surface area contributed by atoms with Gasteiger partial charge in [0.15, 0.2) is 0 Å². The Morgan fingerprint density at radius 2 is 2.19 bits per heavy atom. The van der Waals surface area contributed by atoms with E-state index in [2.05, 4.69) is 11.3 Å². The Morgan fingerprint density at radius 3 is 2.71 bits per heavy atom. The lowest BCUT2D eigenvalue weighted by Crippen LogP contribution is -2.31. The van der Waals surface area contributed by atoms with Crippen LogP contribution in [0.25, 0.3) is 0 Å². The highest BCUT2D eigenvalue weighted by atomic mass is 32.2. The van der Waals surface area contributed by atoms with Gasteiger partial charge in [0.05, 0.1) is 11.5 Å². The second-order valence-electron chi connectivity index (χ2n) is 4.46. The third kappa shape index (κ3) is 4.57. The number of hydrogen-bond donors (Lipinski definition) is 2. The van der Waals surface area contributed by atoms with Crippen molar-refractivity contribution in [3.8, 4) is 5.75 Å². The fourth-order valence-corrected chi connectivity index (χ4v) is 2.78. The summed E-state index contributed by atoms with van der Waals surface area (Å²) in [4.78, 5) is 11.1. The number of benzene rings is 1. The molecule has 0 aliphatic heterocycles. The average molecular weight is 313 g/mol. The first-order chi connectivity index (χ1) is 9.81. The number of carboxylic acid groups (broad SMARTS) is 1. The number of nitrogens with one attached hydrogen (secondary N) is 1. The first kappa shape index (κ1) is 17.2. The summed E-state index contributed by atoms with van der Waals surface area (Å²) in [6, 6.07) is 3.30. The minimum atomic E-state index is -3.81. The molecule has 1 unspecified atom stereocenters. The topological polar surface area (TPSA) is 92.7 Å². The summed E-state index contributed by atoms with van der Waals surface area (Å²) in [7, 11) is -3.81. The first-order valence-corrected chi connectivity index (χ1v) is 7.95. The van der Waals surface area contributed by atoms with Crippen LogP contribution in [-0.4, -0.2) is 32.1 Å². The molecule has 1 aromatic carbocycles. The van der Waals surface area contributed by atoms with E-state index in [1.807, 2.05) is 6.92 Å². The Balaban J connectivity index is 3.19. The molecule has 1 atom stereocenters. The summed E-state index contributed by atoms with van der Waals surface area (Å²) in [5.41, 5.74) is -0.183. The molecular formula is C14H19NO5S. The van der Waals surface area contributed by atoms with Gasteiger partial charge in [0.25, 0.3) is 0 Å². The lowest BCUT2D eigenvalue weighted by molar-refractivity contribution is 0.0692. The Bertz CT molecular complexity index is 624.